The molecule has 8 heteroatoms. The zero-order chi connectivity index (χ0) is 16.8. The normalized spacial score (nSPS) is 14.7. The molecule has 0 spiro atoms. The molecular weight excluding hydrogens is 295 g/mol. The fraction of sp³-hybridized carbons (Fsp3) is 0.467. The van der Waals surface area contributed by atoms with Crippen molar-refractivity contribution in [1.29, 1.82) is 0 Å². The SMILES string of the molecule is Bc1cn2c(C=O)cnc2c(N(C(=O)OC(C)(C)C)C2CC2)n1. The molecule has 0 aromatic carbocycles. The molecule has 3 rings (SSSR count). The Kier molecular flexibility index (Phi) is 3.62. The van der Waals surface area contributed by atoms with E-state index in [1.54, 1.807) is 15.5 Å². The lowest BCUT2D eigenvalue weighted by Gasteiger charge is -2.27. The van der Waals surface area contributed by atoms with Gasteiger partial charge in [-0.05, 0) is 33.6 Å². The molecule has 0 atom stereocenters. The van der Waals surface area contributed by atoms with Crippen LogP contribution in [0, 0.1) is 0 Å². The van der Waals surface area contributed by atoms with Gasteiger partial charge in [-0.15, -0.1) is 0 Å². The summed E-state index contributed by atoms with van der Waals surface area (Å²) in [6.07, 6.45) is 5.32. The Balaban J connectivity index is 2.10. The van der Waals surface area contributed by atoms with Crippen LogP contribution in [0.4, 0.5) is 10.6 Å². The first-order valence-electron chi connectivity index (χ1n) is 7.62. The smallest absolute Gasteiger partial charge is 0.416 e. The zero-order valence-electron chi connectivity index (χ0n) is 13.7. The third-order valence-corrected chi connectivity index (χ3v) is 3.47. The molecule has 0 bridgehead atoms. The van der Waals surface area contributed by atoms with Gasteiger partial charge < -0.3 is 4.74 Å². The summed E-state index contributed by atoms with van der Waals surface area (Å²) in [6.45, 7) is 5.49. The number of fused-ring (bicyclic) bond motifs is 1. The number of aldehydes is 1. The van der Waals surface area contributed by atoms with Crippen LogP contribution in [0.5, 0.6) is 0 Å². The summed E-state index contributed by atoms with van der Waals surface area (Å²) in [4.78, 5) is 34.1. The monoisotopic (exact) mass is 314 g/mol. The van der Waals surface area contributed by atoms with Gasteiger partial charge in [-0.1, -0.05) is 0 Å². The molecule has 120 valence electrons. The van der Waals surface area contributed by atoms with Crippen molar-refractivity contribution in [3.8, 4) is 0 Å². The van der Waals surface area contributed by atoms with E-state index in [9.17, 15) is 9.59 Å². The number of anilines is 1. The van der Waals surface area contributed by atoms with Gasteiger partial charge in [-0.2, -0.15) is 0 Å². The summed E-state index contributed by atoms with van der Waals surface area (Å²) in [5, 5.41) is 0. The van der Waals surface area contributed by atoms with Crippen molar-refractivity contribution in [2.75, 3.05) is 4.90 Å². The van der Waals surface area contributed by atoms with E-state index in [1.807, 2.05) is 28.6 Å². The first-order valence-corrected chi connectivity index (χ1v) is 7.62. The number of aromatic nitrogens is 3. The number of hydrogen-bond acceptors (Lipinski definition) is 5. The van der Waals surface area contributed by atoms with E-state index in [0.717, 1.165) is 19.1 Å². The fourth-order valence-corrected chi connectivity index (χ4v) is 2.41. The van der Waals surface area contributed by atoms with Crippen LogP contribution >= 0.6 is 0 Å². The molecule has 23 heavy (non-hydrogen) atoms. The Bertz CT molecular complexity index is 777. The maximum atomic E-state index is 12.6. The molecule has 2 aromatic heterocycles. The minimum Gasteiger partial charge on any atom is -0.443 e. The number of ether oxygens (including phenoxy) is 1. The van der Waals surface area contributed by atoms with Gasteiger partial charge in [0.25, 0.3) is 0 Å². The maximum Gasteiger partial charge on any atom is 0.416 e. The average molecular weight is 314 g/mol. The molecule has 2 aromatic rings. The van der Waals surface area contributed by atoms with Crippen molar-refractivity contribution in [2.45, 2.75) is 45.3 Å². The van der Waals surface area contributed by atoms with Crippen molar-refractivity contribution >= 4 is 37.3 Å². The minimum absolute atomic E-state index is 0.0688. The predicted octanol–water partition coefficient (Wildman–Crippen LogP) is 0.704. The Labute approximate surface area is 135 Å². The number of hydrogen-bond donors (Lipinski definition) is 0. The summed E-state index contributed by atoms with van der Waals surface area (Å²) in [5.41, 5.74) is 1.01. The van der Waals surface area contributed by atoms with Gasteiger partial charge >= 0.3 is 6.09 Å². The number of carbonyl (C=O) groups is 2. The van der Waals surface area contributed by atoms with Crippen LogP contribution in [0.15, 0.2) is 12.4 Å². The van der Waals surface area contributed by atoms with Crippen molar-refractivity contribution in [3.63, 3.8) is 0 Å². The number of nitrogens with zero attached hydrogens (tertiary/aromatic N) is 4. The molecule has 1 aliphatic carbocycles. The molecule has 0 saturated heterocycles. The summed E-state index contributed by atoms with van der Waals surface area (Å²) >= 11 is 0. The molecule has 0 N–H and O–H groups in total. The second-order valence-corrected chi connectivity index (χ2v) is 6.78. The van der Waals surface area contributed by atoms with Gasteiger partial charge in [-0.3, -0.25) is 14.1 Å². The number of rotatable bonds is 3. The molecule has 0 aliphatic heterocycles. The third-order valence-electron chi connectivity index (χ3n) is 3.47. The van der Waals surface area contributed by atoms with Crippen LogP contribution in [0.2, 0.25) is 0 Å². The molecule has 0 radical (unpaired) electrons. The third kappa shape index (κ3) is 3.06. The van der Waals surface area contributed by atoms with Gasteiger partial charge in [0.2, 0.25) is 0 Å². The van der Waals surface area contributed by atoms with Crippen LogP contribution in [0.1, 0.15) is 44.1 Å². The van der Waals surface area contributed by atoms with Gasteiger partial charge in [0.1, 0.15) is 11.3 Å². The van der Waals surface area contributed by atoms with Crippen molar-refractivity contribution in [3.05, 3.63) is 18.1 Å². The first-order chi connectivity index (χ1) is 10.8. The lowest BCUT2D eigenvalue weighted by atomic mass is 10.1. The van der Waals surface area contributed by atoms with Gasteiger partial charge in [-0.25, -0.2) is 14.8 Å². The first kappa shape index (κ1) is 15.5. The van der Waals surface area contributed by atoms with E-state index in [1.165, 1.54) is 6.20 Å². The highest BCUT2D eigenvalue weighted by Crippen LogP contribution is 2.33. The summed E-state index contributed by atoms with van der Waals surface area (Å²) < 4.78 is 7.18. The highest BCUT2D eigenvalue weighted by Gasteiger charge is 2.38. The molecule has 1 saturated carbocycles. The Morgan fingerprint density at radius 1 is 1.48 bits per heavy atom. The molecule has 1 amide bonds. The largest absolute Gasteiger partial charge is 0.443 e. The molecule has 7 nitrogen and oxygen atoms in total. The lowest BCUT2D eigenvalue weighted by molar-refractivity contribution is 0.0577. The van der Waals surface area contributed by atoms with Crippen LogP contribution in [0.25, 0.3) is 5.65 Å². The van der Waals surface area contributed by atoms with Crippen molar-refractivity contribution in [2.24, 2.45) is 0 Å². The van der Waals surface area contributed by atoms with Gasteiger partial charge in [0.05, 0.1) is 6.20 Å². The van der Waals surface area contributed by atoms with E-state index >= 15 is 0 Å². The van der Waals surface area contributed by atoms with E-state index < -0.39 is 11.7 Å². The second kappa shape index (κ2) is 5.36. The van der Waals surface area contributed by atoms with Crippen LogP contribution in [-0.2, 0) is 4.74 Å². The molecule has 0 unspecified atom stereocenters. The van der Waals surface area contributed by atoms with Crippen LogP contribution in [-0.4, -0.2) is 46.2 Å². The van der Waals surface area contributed by atoms with E-state index in [2.05, 4.69) is 9.97 Å². The molecular formula is C15H19BN4O3. The maximum absolute atomic E-state index is 12.6. The van der Waals surface area contributed by atoms with E-state index in [4.69, 9.17) is 4.74 Å². The second-order valence-electron chi connectivity index (χ2n) is 6.78. The van der Waals surface area contributed by atoms with E-state index in [0.29, 0.717) is 22.8 Å². The molecule has 1 fully saturated rings. The van der Waals surface area contributed by atoms with Crippen LogP contribution in [0.3, 0.4) is 0 Å². The number of carbonyl (C=O) groups excluding carboxylic acids is 2. The molecule has 1 aliphatic rings. The fourth-order valence-electron chi connectivity index (χ4n) is 2.41. The Morgan fingerprint density at radius 3 is 2.74 bits per heavy atom. The lowest BCUT2D eigenvalue weighted by Crippen LogP contribution is -2.40. The Hall–Kier alpha value is -2.38. The summed E-state index contributed by atoms with van der Waals surface area (Å²) in [7, 11) is 1.82. The predicted molar refractivity (Wildman–Crippen MR) is 88.3 cm³/mol. The van der Waals surface area contributed by atoms with Gasteiger partial charge in [0.15, 0.2) is 25.6 Å². The minimum atomic E-state index is -0.590. The highest BCUT2D eigenvalue weighted by molar-refractivity contribution is 6.30. The molecule has 2 heterocycles. The number of amides is 1. The van der Waals surface area contributed by atoms with Crippen LogP contribution < -0.4 is 10.5 Å². The highest BCUT2D eigenvalue weighted by atomic mass is 16.6. The Morgan fingerprint density at radius 2 is 2.17 bits per heavy atom. The number of imidazole rings is 1. The van der Waals surface area contributed by atoms with E-state index in [-0.39, 0.29) is 6.04 Å². The summed E-state index contributed by atoms with van der Waals surface area (Å²) in [6, 6.07) is 0.0688. The quantitative estimate of drug-likeness (QED) is 0.616. The summed E-state index contributed by atoms with van der Waals surface area (Å²) in [5.74, 6) is 0.440. The zero-order valence-corrected chi connectivity index (χ0v) is 13.7. The standard InChI is InChI=1S/C15H19BN4O3/c1-15(2,3)23-14(22)20(9-4-5-9)13-12-17-6-10(8-21)19(12)7-11(16)18-13/h6-9H,4-5,16H2,1-3H3. The van der Waals surface area contributed by atoms with Crippen molar-refractivity contribution < 1.29 is 14.3 Å². The van der Waals surface area contributed by atoms with Crippen molar-refractivity contribution in [1.82, 2.24) is 14.4 Å². The topological polar surface area (TPSA) is 76.8 Å². The average Bonchev–Trinajstić information content (AvgIpc) is 3.16. The van der Waals surface area contributed by atoms with Gasteiger partial charge in [0, 0.05) is 17.8 Å².